The van der Waals surface area contributed by atoms with E-state index in [9.17, 15) is 9.59 Å². The quantitative estimate of drug-likeness (QED) is 0.297. The molecule has 1 aliphatic rings. The fourth-order valence-corrected chi connectivity index (χ4v) is 5.53. The van der Waals surface area contributed by atoms with Gasteiger partial charge in [-0.2, -0.15) is 0 Å². The van der Waals surface area contributed by atoms with E-state index in [4.69, 9.17) is 27.9 Å². The van der Waals surface area contributed by atoms with E-state index in [0.717, 1.165) is 62.9 Å². The monoisotopic (exact) mass is 597 g/mol. The van der Waals surface area contributed by atoms with Crippen LogP contribution in [0.15, 0.2) is 60.7 Å². The van der Waals surface area contributed by atoms with Gasteiger partial charge in [-0.25, -0.2) is 0 Å². The Kier molecular flexibility index (Phi) is 10.7. The molecule has 41 heavy (non-hydrogen) atoms. The Morgan fingerprint density at radius 3 is 2.12 bits per heavy atom. The van der Waals surface area contributed by atoms with Crippen LogP contribution < -0.4 is 25.2 Å². The van der Waals surface area contributed by atoms with Crippen molar-refractivity contribution in [3.8, 4) is 5.75 Å². The van der Waals surface area contributed by atoms with Crippen molar-refractivity contribution in [3.63, 3.8) is 0 Å². The first-order valence-corrected chi connectivity index (χ1v) is 14.6. The molecule has 0 aliphatic carbocycles. The van der Waals surface area contributed by atoms with Crippen LogP contribution in [0, 0.1) is 0 Å². The van der Waals surface area contributed by atoms with E-state index in [2.05, 4.69) is 45.2 Å². The number of carbonyl (C=O) groups is 2. The molecule has 1 aliphatic heterocycles. The predicted molar refractivity (Wildman–Crippen MR) is 168 cm³/mol. The Bertz CT molecular complexity index is 1340. The molecule has 0 bridgehead atoms. The molecular formula is C31H37Cl2N5O3. The molecule has 0 spiro atoms. The molecule has 0 atom stereocenters. The molecule has 218 valence electrons. The fraction of sp³-hybridized carbons (Fsp3) is 0.355. The molecular weight excluding hydrogens is 561 g/mol. The van der Waals surface area contributed by atoms with Crippen molar-refractivity contribution in [3.05, 3.63) is 81.8 Å². The Balaban J connectivity index is 1.54. The van der Waals surface area contributed by atoms with Crippen molar-refractivity contribution in [1.82, 2.24) is 10.2 Å². The topological polar surface area (TPSA) is 77.2 Å². The number of amides is 2. The minimum absolute atomic E-state index is 0.179. The Morgan fingerprint density at radius 1 is 0.854 bits per heavy atom. The summed E-state index contributed by atoms with van der Waals surface area (Å²) in [6, 6.07) is 18.1. The lowest BCUT2D eigenvalue weighted by atomic mass is 10.1. The minimum atomic E-state index is -0.361. The number of likely N-dealkylation sites (N-methyl/N-ethyl adjacent to an activating group) is 1. The molecule has 0 saturated carbocycles. The molecule has 2 N–H and O–H groups in total. The number of para-hydroxylation sites is 2. The number of hydrogen-bond acceptors (Lipinski definition) is 6. The molecule has 3 aromatic rings. The van der Waals surface area contributed by atoms with Crippen LogP contribution in [0.25, 0.3) is 0 Å². The number of anilines is 3. The molecule has 0 unspecified atom stereocenters. The standard InChI is InChI=1S/C31H37Cl2N5O3/c1-4-36(5-2)13-12-34-31(40)26-21-25(35-30(39)22-18-23(32)20-24(33)19-22)10-11-27(26)37-14-16-38(17-15-37)28-8-6-7-9-29(28)41-3/h6-11,18-21H,4-5,12-17H2,1-3H3,(H,34,40)(H,35,39). The van der Waals surface area contributed by atoms with Crippen molar-refractivity contribution in [2.45, 2.75) is 13.8 Å². The Morgan fingerprint density at radius 2 is 1.49 bits per heavy atom. The lowest BCUT2D eigenvalue weighted by Gasteiger charge is -2.38. The van der Waals surface area contributed by atoms with Crippen LogP contribution in [0.3, 0.4) is 0 Å². The number of rotatable bonds is 11. The normalized spacial score (nSPS) is 13.3. The summed E-state index contributed by atoms with van der Waals surface area (Å²) in [7, 11) is 1.68. The van der Waals surface area contributed by atoms with Gasteiger partial charge in [-0.1, -0.05) is 49.2 Å². The zero-order chi connectivity index (χ0) is 29.4. The van der Waals surface area contributed by atoms with Crippen molar-refractivity contribution in [2.75, 3.05) is 74.6 Å². The fourth-order valence-electron chi connectivity index (χ4n) is 5.00. The molecule has 2 amide bonds. The SMILES string of the molecule is CCN(CC)CCNC(=O)c1cc(NC(=O)c2cc(Cl)cc(Cl)c2)ccc1N1CCN(c2ccccc2OC)CC1. The largest absolute Gasteiger partial charge is 0.495 e. The zero-order valence-corrected chi connectivity index (χ0v) is 25.3. The van der Waals surface area contributed by atoms with Crippen molar-refractivity contribution in [1.29, 1.82) is 0 Å². The molecule has 0 aromatic heterocycles. The summed E-state index contributed by atoms with van der Waals surface area (Å²) in [6.07, 6.45) is 0. The van der Waals surface area contributed by atoms with Crippen molar-refractivity contribution < 1.29 is 14.3 Å². The van der Waals surface area contributed by atoms with E-state index in [-0.39, 0.29) is 11.8 Å². The van der Waals surface area contributed by atoms with Gasteiger partial charge in [-0.3, -0.25) is 9.59 Å². The van der Waals surface area contributed by atoms with Gasteiger partial charge < -0.3 is 30.1 Å². The summed E-state index contributed by atoms with van der Waals surface area (Å²) in [4.78, 5) is 33.2. The third kappa shape index (κ3) is 7.85. The van der Waals surface area contributed by atoms with E-state index in [1.54, 1.807) is 31.4 Å². The van der Waals surface area contributed by atoms with E-state index in [1.165, 1.54) is 0 Å². The van der Waals surface area contributed by atoms with Crippen LogP contribution in [0.1, 0.15) is 34.6 Å². The first kappa shape index (κ1) is 30.5. The number of nitrogens with zero attached hydrogens (tertiary/aromatic N) is 3. The van der Waals surface area contributed by atoms with E-state index < -0.39 is 0 Å². The van der Waals surface area contributed by atoms with Crippen LogP contribution in [-0.4, -0.2) is 76.2 Å². The highest BCUT2D eigenvalue weighted by molar-refractivity contribution is 6.35. The van der Waals surface area contributed by atoms with E-state index >= 15 is 0 Å². The van der Waals surface area contributed by atoms with Crippen molar-refractivity contribution >= 4 is 52.1 Å². The maximum atomic E-state index is 13.5. The van der Waals surface area contributed by atoms with Crippen LogP contribution in [0.2, 0.25) is 10.0 Å². The Hall–Kier alpha value is -3.46. The lowest BCUT2D eigenvalue weighted by Crippen LogP contribution is -2.47. The highest BCUT2D eigenvalue weighted by Gasteiger charge is 2.24. The van der Waals surface area contributed by atoms with Crippen LogP contribution in [0.4, 0.5) is 17.1 Å². The van der Waals surface area contributed by atoms with Gasteiger partial charge in [-0.05, 0) is 61.6 Å². The number of ether oxygens (including phenoxy) is 1. The maximum Gasteiger partial charge on any atom is 0.255 e. The van der Waals surface area contributed by atoms with Crippen LogP contribution >= 0.6 is 23.2 Å². The number of nitrogens with one attached hydrogen (secondary N) is 2. The van der Waals surface area contributed by atoms with Gasteiger partial charge in [0.25, 0.3) is 11.8 Å². The summed E-state index contributed by atoms with van der Waals surface area (Å²) in [5.41, 5.74) is 3.25. The third-order valence-corrected chi connectivity index (χ3v) is 7.71. The highest BCUT2D eigenvalue weighted by atomic mass is 35.5. The van der Waals surface area contributed by atoms with E-state index in [1.807, 2.05) is 30.3 Å². The number of hydrogen-bond donors (Lipinski definition) is 2. The second-order valence-electron chi connectivity index (χ2n) is 9.77. The first-order valence-electron chi connectivity index (χ1n) is 13.9. The average molecular weight is 599 g/mol. The summed E-state index contributed by atoms with van der Waals surface area (Å²) in [6.45, 7) is 10.3. The second kappa shape index (κ2) is 14.4. The molecule has 1 saturated heterocycles. The predicted octanol–water partition coefficient (Wildman–Crippen LogP) is 5.65. The first-order chi connectivity index (χ1) is 19.8. The molecule has 1 heterocycles. The molecule has 3 aromatic carbocycles. The van der Waals surface area contributed by atoms with Gasteiger partial charge in [0.1, 0.15) is 5.75 Å². The van der Waals surface area contributed by atoms with Crippen molar-refractivity contribution in [2.24, 2.45) is 0 Å². The number of halogens is 2. The Labute approximate surface area is 252 Å². The van der Waals surface area contributed by atoms with Crippen LogP contribution in [0.5, 0.6) is 5.75 Å². The number of carbonyl (C=O) groups excluding carboxylic acids is 2. The van der Waals surface area contributed by atoms with Gasteiger partial charge in [0.05, 0.1) is 18.4 Å². The minimum Gasteiger partial charge on any atom is -0.495 e. The zero-order valence-electron chi connectivity index (χ0n) is 23.8. The molecule has 1 fully saturated rings. The number of methoxy groups -OCH3 is 1. The van der Waals surface area contributed by atoms with E-state index in [0.29, 0.717) is 33.4 Å². The molecule has 4 rings (SSSR count). The second-order valence-corrected chi connectivity index (χ2v) is 10.6. The average Bonchev–Trinajstić information content (AvgIpc) is 2.98. The lowest BCUT2D eigenvalue weighted by molar-refractivity contribution is 0.0948. The van der Waals surface area contributed by atoms with Crippen LogP contribution in [-0.2, 0) is 0 Å². The summed E-state index contributed by atoms with van der Waals surface area (Å²) >= 11 is 12.2. The number of piperazine rings is 1. The summed E-state index contributed by atoms with van der Waals surface area (Å²) < 4.78 is 5.56. The molecule has 0 radical (unpaired) electrons. The molecule has 8 nitrogen and oxygen atoms in total. The number of benzene rings is 3. The van der Waals surface area contributed by atoms with Gasteiger partial charge in [0, 0.05) is 66.3 Å². The summed E-state index contributed by atoms with van der Waals surface area (Å²) in [5.74, 6) is 0.303. The summed E-state index contributed by atoms with van der Waals surface area (Å²) in [5, 5.41) is 6.71. The van der Waals surface area contributed by atoms with Gasteiger partial charge in [0.15, 0.2) is 0 Å². The van der Waals surface area contributed by atoms with Gasteiger partial charge in [0.2, 0.25) is 0 Å². The van der Waals surface area contributed by atoms with Gasteiger partial charge in [-0.15, -0.1) is 0 Å². The smallest absolute Gasteiger partial charge is 0.255 e. The third-order valence-electron chi connectivity index (χ3n) is 7.28. The van der Waals surface area contributed by atoms with Gasteiger partial charge >= 0.3 is 0 Å². The highest BCUT2D eigenvalue weighted by Crippen LogP contribution is 2.31. The maximum absolute atomic E-state index is 13.5. The molecule has 10 heteroatoms.